The molecule has 3 rings (SSSR count). The van der Waals surface area contributed by atoms with E-state index in [0.717, 1.165) is 12.8 Å². The fourth-order valence-corrected chi connectivity index (χ4v) is 4.13. The van der Waals surface area contributed by atoms with E-state index >= 15 is 0 Å². The predicted molar refractivity (Wildman–Crippen MR) is 105 cm³/mol. The van der Waals surface area contributed by atoms with Crippen molar-refractivity contribution in [1.29, 1.82) is 0 Å². The van der Waals surface area contributed by atoms with E-state index in [1.807, 2.05) is 0 Å². The van der Waals surface area contributed by atoms with Crippen LogP contribution >= 0.6 is 0 Å². The van der Waals surface area contributed by atoms with Crippen LogP contribution in [0.15, 0.2) is 59.7 Å². The van der Waals surface area contributed by atoms with E-state index in [4.69, 9.17) is 0 Å². The van der Waals surface area contributed by atoms with Gasteiger partial charge in [0, 0.05) is 5.92 Å². The molecule has 2 aromatic carbocycles. The van der Waals surface area contributed by atoms with Crippen molar-refractivity contribution >= 4 is 0 Å². The van der Waals surface area contributed by atoms with Gasteiger partial charge in [0.2, 0.25) is 0 Å². The molecule has 0 aromatic heterocycles. The quantitative estimate of drug-likeness (QED) is 0.587. The molecule has 0 N–H and O–H groups in total. The van der Waals surface area contributed by atoms with Gasteiger partial charge in [0.1, 0.15) is 0 Å². The van der Waals surface area contributed by atoms with Gasteiger partial charge in [-0.15, -0.1) is 0 Å². The van der Waals surface area contributed by atoms with Crippen molar-refractivity contribution in [1.82, 2.24) is 0 Å². The van der Waals surface area contributed by atoms with E-state index in [2.05, 4.69) is 83.2 Å². The summed E-state index contributed by atoms with van der Waals surface area (Å²) in [6.07, 6.45) is 7.01. The van der Waals surface area contributed by atoms with Crippen LogP contribution in [-0.4, -0.2) is 0 Å². The molecule has 0 saturated heterocycles. The van der Waals surface area contributed by atoms with E-state index in [9.17, 15) is 0 Å². The summed E-state index contributed by atoms with van der Waals surface area (Å²) < 4.78 is 0. The lowest BCUT2D eigenvalue weighted by Gasteiger charge is -2.24. The Balaban J connectivity index is 2.19. The SMILES string of the molecule is CCC1=CCC=C1C(c1cc(C)cc(C)c1)c1cc(C)cc(C)c1. The molecule has 0 fully saturated rings. The highest BCUT2D eigenvalue weighted by Gasteiger charge is 2.24. The van der Waals surface area contributed by atoms with Crippen LogP contribution in [0.25, 0.3) is 0 Å². The van der Waals surface area contributed by atoms with Crippen molar-refractivity contribution in [2.24, 2.45) is 0 Å². The van der Waals surface area contributed by atoms with Crippen molar-refractivity contribution in [2.75, 3.05) is 0 Å². The summed E-state index contributed by atoms with van der Waals surface area (Å²) in [5.74, 6) is 0.343. The molecule has 0 aliphatic heterocycles. The summed E-state index contributed by atoms with van der Waals surface area (Å²) in [6, 6.07) is 14.0. The molecule has 0 amide bonds. The fourth-order valence-electron chi connectivity index (χ4n) is 4.13. The first-order valence-electron chi connectivity index (χ1n) is 9.03. The molecule has 0 spiro atoms. The highest BCUT2D eigenvalue weighted by Crippen LogP contribution is 2.40. The Labute approximate surface area is 146 Å². The zero-order valence-corrected chi connectivity index (χ0v) is 15.6. The van der Waals surface area contributed by atoms with Crippen molar-refractivity contribution < 1.29 is 0 Å². The minimum atomic E-state index is 0.343. The zero-order valence-electron chi connectivity index (χ0n) is 15.6. The second-order valence-corrected chi connectivity index (χ2v) is 7.25. The lowest BCUT2D eigenvalue weighted by atomic mass is 9.80. The molecule has 124 valence electrons. The smallest absolute Gasteiger partial charge is 0.0339 e. The van der Waals surface area contributed by atoms with Gasteiger partial charge in [0.15, 0.2) is 0 Å². The van der Waals surface area contributed by atoms with Gasteiger partial charge in [0.25, 0.3) is 0 Å². The number of benzene rings is 2. The first-order valence-corrected chi connectivity index (χ1v) is 9.03. The normalized spacial score (nSPS) is 14.1. The lowest BCUT2D eigenvalue weighted by molar-refractivity contribution is 0.924. The summed E-state index contributed by atoms with van der Waals surface area (Å²) in [5, 5.41) is 0. The topological polar surface area (TPSA) is 0 Å². The van der Waals surface area contributed by atoms with E-state index < -0.39 is 0 Å². The van der Waals surface area contributed by atoms with Crippen LogP contribution in [0.3, 0.4) is 0 Å². The molecule has 0 radical (unpaired) electrons. The molecule has 2 aromatic rings. The third-order valence-electron chi connectivity index (χ3n) is 4.92. The minimum Gasteiger partial charge on any atom is -0.0772 e. The molecule has 0 bridgehead atoms. The Kier molecular flexibility index (Phi) is 4.76. The molecule has 0 unspecified atom stereocenters. The Morgan fingerprint density at radius 3 is 1.58 bits per heavy atom. The summed E-state index contributed by atoms with van der Waals surface area (Å²) >= 11 is 0. The fraction of sp³-hybridized carbons (Fsp3) is 0.333. The summed E-state index contributed by atoms with van der Waals surface area (Å²) in [5.41, 5.74) is 11.3. The van der Waals surface area contributed by atoms with Crippen molar-refractivity contribution in [3.63, 3.8) is 0 Å². The highest BCUT2D eigenvalue weighted by molar-refractivity contribution is 5.53. The van der Waals surface area contributed by atoms with E-state index in [-0.39, 0.29) is 0 Å². The van der Waals surface area contributed by atoms with E-state index in [1.54, 1.807) is 0 Å². The van der Waals surface area contributed by atoms with Crippen LogP contribution in [-0.2, 0) is 0 Å². The maximum Gasteiger partial charge on any atom is 0.0339 e. The number of hydrogen-bond acceptors (Lipinski definition) is 0. The van der Waals surface area contributed by atoms with Crippen LogP contribution in [0.1, 0.15) is 59.1 Å². The number of hydrogen-bond donors (Lipinski definition) is 0. The second kappa shape index (κ2) is 6.81. The van der Waals surface area contributed by atoms with Gasteiger partial charge in [-0.2, -0.15) is 0 Å². The lowest BCUT2D eigenvalue weighted by Crippen LogP contribution is -2.07. The van der Waals surface area contributed by atoms with Gasteiger partial charge in [-0.05, 0) is 62.8 Å². The average molecular weight is 316 g/mol. The molecule has 1 aliphatic rings. The van der Waals surface area contributed by atoms with Crippen LogP contribution < -0.4 is 0 Å². The van der Waals surface area contributed by atoms with E-state index in [1.165, 1.54) is 44.5 Å². The Hall–Kier alpha value is -2.08. The summed E-state index contributed by atoms with van der Waals surface area (Å²) in [6.45, 7) is 11.1. The van der Waals surface area contributed by atoms with Crippen LogP contribution in [0, 0.1) is 27.7 Å². The molecule has 0 heterocycles. The summed E-state index contributed by atoms with van der Waals surface area (Å²) in [7, 11) is 0. The molecule has 0 nitrogen and oxygen atoms in total. The molecule has 0 atom stereocenters. The third kappa shape index (κ3) is 3.38. The second-order valence-electron chi connectivity index (χ2n) is 7.25. The van der Waals surface area contributed by atoms with Gasteiger partial charge in [-0.25, -0.2) is 0 Å². The molecule has 24 heavy (non-hydrogen) atoms. The third-order valence-corrected chi connectivity index (χ3v) is 4.92. The van der Waals surface area contributed by atoms with Crippen LogP contribution in [0.4, 0.5) is 0 Å². The number of aryl methyl sites for hydroxylation is 4. The van der Waals surface area contributed by atoms with Gasteiger partial charge < -0.3 is 0 Å². The molecular weight excluding hydrogens is 288 g/mol. The molecule has 0 heteroatoms. The average Bonchev–Trinajstić information content (AvgIpc) is 2.93. The first kappa shape index (κ1) is 16.8. The first-order chi connectivity index (χ1) is 11.5. The summed E-state index contributed by atoms with van der Waals surface area (Å²) in [4.78, 5) is 0. The van der Waals surface area contributed by atoms with Gasteiger partial charge in [-0.1, -0.05) is 77.7 Å². The maximum atomic E-state index is 2.43. The molecule has 0 saturated carbocycles. The Morgan fingerprint density at radius 2 is 1.17 bits per heavy atom. The van der Waals surface area contributed by atoms with Gasteiger partial charge >= 0.3 is 0 Å². The minimum absolute atomic E-state index is 0.343. The van der Waals surface area contributed by atoms with Crippen molar-refractivity contribution in [2.45, 2.75) is 53.4 Å². The predicted octanol–water partition coefficient (Wildman–Crippen LogP) is 6.72. The van der Waals surface area contributed by atoms with Gasteiger partial charge in [0.05, 0.1) is 0 Å². The molecule has 1 aliphatic carbocycles. The number of rotatable bonds is 4. The number of allylic oxidation sites excluding steroid dienone is 4. The highest BCUT2D eigenvalue weighted by atomic mass is 14.3. The Bertz CT molecular complexity index is 726. The van der Waals surface area contributed by atoms with Gasteiger partial charge in [-0.3, -0.25) is 0 Å². The standard InChI is InChI=1S/C24H28/c1-6-20-8-7-9-23(20)24(21-12-16(2)10-17(3)13-21)22-14-18(4)11-19(5)15-22/h8-15,24H,6-7H2,1-5H3. The van der Waals surface area contributed by atoms with Crippen molar-refractivity contribution in [3.8, 4) is 0 Å². The molecular formula is C24H28. The van der Waals surface area contributed by atoms with Crippen molar-refractivity contribution in [3.05, 3.63) is 93.1 Å². The maximum absolute atomic E-state index is 2.43. The Morgan fingerprint density at radius 1 is 0.708 bits per heavy atom. The zero-order chi connectivity index (χ0) is 17.3. The van der Waals surface area contributed by atoms with Crippen LogP contribution in [0.5, 0.6) is 0 Å². The van der Waals surface area contributed by atoms with E-state index in [0.29, 0.717) is 5.92 Å². The monoisotopic (exact) mass is 316 g/mol. The van der Waals surface area contributed by atoms with Crippen LogP contribution in [0.2, 0.25) is 0 Å². The largest absolute Gasteiger partial charge is 0.0772 e.